The van der Waals surface area contributed by atoms with Gasteiger partial charge in [0.05, 0.1) is 11.0 Å². The van der Waals surface area contributed by atoms with Gasteiger partial charge in [0.25, 0.3) is 0 Å². The molecule has 1 aliphatic carbocycles. The molecule has 4 nitrogen and oxygen atoms in total. The molecule has 150 valence electrons. The Labute approximate surface area is 163 Å². The number of Topliss-reactive ketones (excluding diaryl/α,β-unsaturated/α-hetero) is 1. The van der Waals surface area contributed by atoms with Crippen molar-refractivity contribution in [2.24, 2.45) is 11.3 Å². The summed E-state index contributed by atoms with van der Waals surface area (Å²) in [5, 5.41) is 0. The Hall–Kier alpha value is -1.62. The van der Waals surface area contributed by atoms with E-state index in [1.807, 2.05) is 13.8 Å². The van der Waals surface area contributed by atoms with E-state index >= 15 is 0 Å². The zero-order valence-corrected chi connectivity index (χ0v) is 18.2. The second-order valence-corrected chi connectivity index (χ2v) is 10.6. The Morgan fingerprint density at radius 1 is 1.19 bits per heavy atom. The lowest BCUT2D eigenvalue weighted by Crippen LogP contribution is -2.29. The van der Waals surface area contributed by atoms with Crippen LogP contribution in [-0.4, -0.2) is 26.6 Å². The molecule has 0 amide bonds. The molecule has 0 N–H and O–H groups in total. The molecular formula is C22H32O4S. The van der Waals surface area contributed by atoms with Crippen molar-refractivity contribution in [1.82, 2.24) is 0 Å². The number of ether oxygens (including phenoxy) is 1. The molecule has 1 atom stereocenters. The van der Waals surface area contributed by atoms with Gasteiger partial charge in [0.1, 0.15) is 0 Å². The second kappa shape index (κ2) is 8.17. The lowest BCUT2D eigenvalue weighted by molar-refractivity contribution is -0.125. The summed E-state index contributed by atoms with van der Waals surface area (Å²) < 4.78 is 29.7. The van der Waals surface area contributed by atoms with Crippen LogP contribution in [0.4, 0.5) is 0 Å². The minimum absolute atomic E-state index is 0.0386. The van der Waals surface area contributed by atoms with Crippen molar-refractivity contribution in [3.05, 3.63) is 35.6 Å². The Morgan fingerprint density at radius 2 is 1.74 bits per heavy atom. The third-order valence-corrected chi connectivity index (χ3v) is 6.27. The summed E-state index contributed by atoms with van der Waals surface area (Å²) in [4.78, 5) is 13.5. The van der Waals surface area contributed by atoms with Gasteiger partial charge in [0, 0.05) is 17.7 Å². The van der Waals surface area contributed by atoms with Crippen molar-refractivity contribution >= 4 is 21.2 Å². The van der Waals surface area contributed by atoms with Crippen molar-refractivity contribution in [3.8, 4) is 0 Å². The summed E-state index contributed by atoms with van der Waals surface area (Å²) in [5.41, 5.74) is 1.36. The van der Waals surface area contributed by atoms with Crippen LogP contribution in [0, 0.1) is 11.3 Å². The molecule has 0 spiro atoms. The summed E-state index contributed by atoms with van der Waals surface area (Å²) >= 11 is 0. The molecule has 2 rings (SSSR count). The van der Waals surface area contributed by atoms with Gasteiger partial charge in [0.15, 0.2) is 15.6 Å². The predicted octanol–water partition coefficient (Wildman–Crippen LogP) is 5.03. The number of sulfone groups is 1. The fourth-order valence-electron chi connectivity index (χ4n) is 3.15. The minimum Gasteiger partial charge on any atom is -0.487 e. The van der Waals surface area contributed by atoms with Crippen LogP contribution in [0.5, 0.6) is 0 Å². The highest BCUT2D eigenvalue weighted by molar-refractivity contribution is 7.90. The number of benzene rings is 1. The fourth-order valence-corrected chi connectivity index (χ4v) is 3.78. The normalized spacial score (nSPS) is 17.7. The van der Waals surface area contributed by atoms with Crippen LogP contribution in [0.2, 0.25) is 0 Å². The Morgan fingerprint density at radius 3 is 2.11 bits per heavy atom. The van der Waals surface area contributed by atoms with Crippen molar-refractivity contribution in [2.75, 3.05) is 6.26 Å². The van der Waals surface area contributed by atoms with Crippen LogP contribution >= 0.6 is 0 Å². The lowest BCUT2D eigenvalue weighted by atomic mass is 9.76. The molecule has 1 saturated carbocycles. The van der Waals surface area contributed by atoms with E-state index < -0.39 is 9.84 Å². The zero-order valence-electron chi connectivity index (χ0n) is 17.3. The van der Waals surface area contributed by atoms with E-state index in [0.29, 0.717) is 5.76 Å². The van der Waals surface area contributed by atoms with E-state index in [2.05, 4.69) is 20.8 Å². The molecule has 0 saturated heterocycles. The van der Waals surface area contributed by atoms with Gasteiger partial charge in [-0.3, -0.25) is 4.79 Å². The van der Waals surface area contributed by atoms with E-state index in [1.165, 1.54) is 6.26 Å². The molecule has 0 heterocycles. The molecule has 1 unspecified atom stereocenters. The summed E-state index contributed by atoms with van der Waals surface area (Å²) in [6.45, 7) is 10.2. The molecular weight excluding hydrogens is 360 g/mol. The van der Waals surface area contributed by atoms with Crippen LogP contribution in [0.3, 0.4) is 0 Å². The number of ketones is 1. The SMILES string of the molecule is CCC(C)O/C(C(=O)C1CCC1)=C(\c1ccc(S(C)(=O)=O)cc1)C(C)(C)C. The van der Waals surface area contributed by atoms with Crippen LogP contribution in [0.15, 0.2) is 34.9 Å². The van der Waals surface area contributed by atoms with Crippen molar-refractivity contribution < 1.29 is 17.9 Å². The van der Waals surface area contributed by atoms with Crippen molar-refractivity contribution in [2.45, 2.75) is 71.3 Å². The summed E-state index contributed by atoms with van der Waals surface area (Å²) in [6, 6.07) is 6.77. The summed E-state index contributed by atoms with van der Waals surface area (Å²) in [7, 11) is -3.26. The number of allylic oxidation sites excluding steroid dienone is 2. The van der Waals surface area contributed by atoms with E-state index in [4.69, 9.17) is 4.74 Å². The Kier molecular flexibility index (Phi) is 6.56. The van der Waals surface area contributed by atoms with Crippen LogP contribution in [-0.2, 0) is 19.4 Å². The first-order valence-corrected chi connectivity index (χ1v) is 11.6. The summed E-state index contributed by atoms with van der Waals surface area (Å²) in [6.07, 6.45) is 4.86. The van der Waals surface area contributed by atoms with Crippen molar-refractivity contribution in [3.63, 3.8) is 0 Å². The van der Waals surface area contributed by atoms with Gasteiger partial charge in [-0.25, -0.2) is 8.42 Å². The highest BCUT2D eigenvalue weighted by atomic mass is 32.2. The molecule has 0 radical (unpaired) electrons. The van der Waals surface area contributed by atoms with Crippen LogP contribution < -0.4 is 0 Å². The first-order valence-electron chi connectivity index (χ1n) is 9.71. The topological polar surface area (TPSA) is 60.4 Å². The molecule has 5 heteroatoms. The first kappa shape index (κ1) is 21.7. The molecule has 0 aromatic heterocycles. The summed E-state index contributed by atoms with van der Waals surface area (Å²) in [5.74, 6) is 0.573. The fraction of sp³-hybridized carbons (Fsp3) is 0.591. The monoisotopic (exact) mass is 392 g/mol. The standard InChI is InChI=1S/C22H32O4S/c1-7-15(2)26-21(20(23)17-9-8-10-17)19(22(3,4)5)16-11-13-18(14-12-16)27(6,24)25/h11-15,17H,7-10H2,1-6H3/b21-19+. The van der Waals surface area contributed by atoms with E-state index in [9.17, 15) is 13.2 Å². The zero-order chi connectivity index (χ0) is 20.4. The number of carbonyl (C=O) groups is 1. The van der Waals surface area contributed by atoms with E-state index in [-0.39, 0.29) is 28.1 Å². The molecule has 1 aromatic rings. The lowest BCUT2D eigenvalue weighted by Gasteiger charge is -2.32. The maximum absolute atomic E-state index is 13.2. The molecule has 0 bridgehead atoms. The largest absolute Gasteiger partial charge is 0.487 e. The minimum atomic E-state index is -3.26. The Balaban J connectivity index is 2.61. The molecule has 1 aromatic carbocycles. The van der Waals surface area contributed by atoms with Gasteiger partial charge in [-0.2, -0.15) is 0 Å². The maximum atomic E-state index is 13.2. The number of rotatable bonds is 7. The molecule has 1 fully saturated rings. The second-order valence-electron chi connectivity index (χ2n) is 8.58. The quantitative estimate of drug-likeness (QED) is 0.482. The first-order chi connectivity index (χ1) is 12.4. The number of hydrogen-bond donors (Lipinski definition) is 0. The molecule has 1 aliphatic rings. The smallest absolute Gasteiger partial charge is 0.200 e. The molecule has 27 heavy (non-hydrogen) atoms. The van der Waals surface area contributed by atoms with Gasteiger partial charge in [-0.1, -0.05) is 46.2 Å². The number of carbonyl (C=O) groups excluding carboxylic acids is 1. The van der Waals surface area contributed by atoms with Crippen molar-refractivity contribution in [1.29, 1.82) is 0 Å². The third-order valence-electron chi connectivity index (χ3n) is 5.14. The predicted molar refractivity (Wildman–Crippen MR) is 109 cm³/mol. The maximum Gasteiger partial charge on any atom is 0.200 e. The number of hydrogen-bond acceptors (Lipinski definition) is 4. The highest BCUT2D eigenvalue weighted by Gasteiger charge is 2.35. The van der Waals surface area contributed by atoms with Gasteiger partial charge in [0.2, 0.25) is 5.78 Å². The van der Waals surface area contributed by atoms with Crippen LogP contribution in [0.25, 0.3) is 5.57 Å². The van der Waals surface area contributed by atoms with Gasteiger partial charge < -0.3 is 4.74 Å². The van der Waals surface area contributed by atoms with E-state index in [1.54, 1.807) is 24.3 Å². The van der Waals surface area contributed by atoms with Crippen LogP contribution in [0.1, 0.15) is 65.9 Å². The van der Waals surface area contributed by atoms with Gasteiger partial charge >= 0.3 is 0 Å². The average molecular weight is 393 g/mol. The van der Waals surface area contributed by atoms with Gasteiger partial charge in [-0.05, 0) is 49.3 Å². The Bertz CT molecular complexity index is 807. The van der Waals surface area contributed by atoms with E-state index in [0.717, 1.165) is 36.8 Å². The van der Waals surface area contributed by atoms with Gasteiger partial charge in [-0.15, -0.1) is 0 Å². The average Bonchev–Trinajstić information content (AvgIpc) is 2.50. The highest BCUT2D eigenvalue weighted by Crippen LogP contribution is 2.41. The molecule has 0 aliphatic heterocycles. The third kappa shape index (κ3) is 5.22.